The molecule has 3 rings (SSSR count). The van der Waals surface area contributed by atoms with Gasteiger partial charge in [0.25, 0.3) is 0 Å². The van der Waals surface area contributed by atoms with Crippen molar-refractivity contribution in [1.82, 2.24) is 4.31 Å². The fourth-order valence-electron chi connectivity index (χ4n) is 3.09. The lowest BCUT2D eigenvalue weighted by Crippen LogP contribution is -2.41. The van der Waals surface area contributed by atoms with E-state index in [9.17, 15) is 13.2 Å². The Morgan fingerprint density at radius 2 is 1.53 bits per heavy atom. The lowest BCUT2D eigenvalue weighted by atomic mass is 10.2. The zero-order chi connectivity index (χ0) is 23.3. The summed E-state index contributed by atoms with van der Waals surface area (Å²) in [5, 5.41) is 0.553. The highest BCUT2D eigenvalue weighted by Gasteiger charge is 2.28. The van der Waals surface area contributed by atoms with Gasteiger partial charge in [-0.25, -0.2) is 8.42 Å². The van der Waals surface area contributed by atoms with E-state index < -0.39 is 10.0 Å². The maximum Gasteiger partial charge on any atom is 0.243 e. The molecule has 0 fully saturated rings. The molecule has 0 aliphatic heterocycles. The molecule has 6 nitrogen and oxygen atoms in total. The molecular weight excluding hydrogens is 448 g/mol. The van der Waals surface area contributed by atoms with Gasteiger partial charge in [-0.05, 0) is 61.0 Å². The third-order valence-electron chi connectivity index (χ3n) is 5.08. The van der Waals surface area contributed by atoms with Gasteiger partial charge in [-0.1, -0.05) is 41.4 Å². The van der Waals surface area contributed by atoms with Gasteiger partial charge in [-0.15, -0.1) is 0 Å². The van der Waals surface area contributed by atoms with Crippen LogP contribution in [0.15, 0.2) is 77.7 Å². The van der Waals surface area contributed by atoms with Crippen LogP contribution in [-0.2, 0) is 21.4 Å². The van der Waals surface area contributed by atoms with Crippen molar-refractivity contribution in [3.8, 4) is 5.75 Å². The highest BCUT2D eigenvalue weighted by Crippen LogP contribution is 2.22. The number of halogens is 1. The van der Waals surface area contributed by atoms with Crippen molar-refractivity contribution in [2.45, 2.75) is 18.4 Å². The van der Waals surface area contributed by atoms with E-state index in [1.54, 1.807) is 87.0 Å². The van der Waals surface area contributed by atoms with Crippen LogP contribution in [0.2, 0.25) is 5.02 Å². The van der Waals surface area contributed by atoms with Gasteiger partial charge in [-0.3, -0.25) is 4.79 Å². The van der Waals surface area contributed by atoms with Crippen LogP contribution in [-0.4, -0.2) is 39.3 Å². The third-order valence-corrected chi connectivity index (χ3v) is 7.13. The number of rotatable bonds is 8. The van der Waals surface area contributed by atoms with Crippen LogP contribution in [0.5, 0.6) is 5.75 Å². The Morgan fingerprint density at radius 3 is 2.09 bits per heavy atom. The molecule has 0 bridgehead atoms. The molecule has 0 aliphatic carbocycles. The number of sulfonamides is 1. The lowest BCUT2D eigenvalue weighted by Gasteiger charge is -2.25. The molecule has 168 valence electrons. The molecule has 3 aromatic rings. The maximum absolute atomic E-state index is 13.4. The molecule has 0 unspecified atom stereocenters. The average Bonchev–Trinajstić information content (AvgIpc) is 2.79. The van der Waals surface area contributed by atoms with Crippen molar-refractivity contribution < 1.29 is 17.9 Å². The van der Waals surface area contributed by atoms with E-state index in [1.807, 2.05) is 6.92 Å². The van der Waals surface area contributed by atoms with E-state index in [4.69, 9.17) is 16.3 Å². The van der Waals surface area contributed by atoms with Crippen molar-refractivity contribution >= 4 is 33.2 Å². The van der Waals surface area contributed by atoms with E-state index in [1.165, 1.54) is 9.21 Å². The molecule has 0 spiro atoms. The normalized spacial score (nSPS) is 11.4. The van der Waals surface area contributed by atoms with Gasteiger partial charge in [0.1, 0.15) is 5.75 Å². The summed E-state index contributed by atoms with van der Waals surface area (Å²) in [5.41, 5.74) is 2.31. The predicted molar refractivity (Wildman–Crippen MR) is 127 cm³/mol. The topological polar surface area (TPSA) is 66.9 Å². The fourth-order valence-corrected chi connectivity index (χ4v) is 4.59. The molecule has 0 N–H and O–H groups in total. The molecule has 0 radical (unpaired) electrons. The zero-order valence-corrected chi connectivity index (χ0v) is 19.7. The Bertz CT molecular complexity index is 1160. The number of nitrogens with zero attached hydrogens (tertiary/aromatic N) is 2. The minimum Gasteiger partial charge on any atom is -0.497 e. The Hall–Kier alpha value is -2.87. The van der Waals surface area contributed by atoms with Gasteiger partial charge in [0, 0.05) is 24.3 Å². The number of carbonyl (C=O) groups is 1. The number of anilines is 1. The summed E-state index contributed by atoms with van der Waals surface area (Å²) in [4.78, 5) is 14.6. The molecule has 3 aromatic carbocycles. The fraction of sp³-hybridized carbons (Fsp3) is 0.208. The van der Waals surface area contributed by atoms with Crippen molar-refractivity contribution in [1.29, 1.82) is 0 Å². The molecule has 0 atom stereocenters. The Kier molecular flexibility index (Phi) is 7.56. The van der Waals surface area contributed by atoms with E-state index in [0.29, 0.717) is 16.5 Å². The summed E-state index contributed by atoms with van der Waals surface area (Å²) in [5.74, 6) is 0.306. The molecule has 1 amide bonds. The summed E-state index contributed by atoms with van der Waals surface area (Å²) in [6.07, 6.45) is 0. The summed E-state index contributed by atoms with van der Waals surface area (Å²) in [7, 11) is -0.737. The van der Waals surface area contributed by atoms with Crippen LogP contribution in [0.25, 0.3) is 0 Å². The largest absolute Gasteiger partial charge is 0.497 e. The highest BCUT2D eigenvalue weighted by atomic mass is 35.5. The molecular formula is C24H25ClN2O4S. The van der Waals surface area contributed by atoms with Gasteiger partial charge >= 0.3 is 0 Å². The van der Waals surface area contributed by atoms with Crippen molar-refractivity contribution in [3.63, 3.8) is 0 Å². The maximum atomic E-state index is 13.4. The highest BCUT2D eigenvalue weighted by molar-refractivity contribution is 7.89. The number of amides is 1. The minimum atomic E-state index is -3.91. The van der Waals surface area contributed by atoms with Crippen molar-refractivity contribution in [3.05, 3.63) is 88.9 Å². The average molecular weight is 473 g/mol. The van der Waals surface area contributed by atoms with E-state index in [2.05, 4.69) is 0 Å². The van der Waals surface area contributed by atoms with Crippen LogP contribution in [0, 0.1) is 6.92 Å². The van der Waals surface area contributed by atoms with Crippen molar-refractivity contribution in [2.75, 3.05) is 25.6 Å². The molecule has 0 aliphatic rings. The summed E-state index contributed by atoms with van der Waals surface area (Å²) in [6, 6.07) is 20.4. The second kappa shape index (κ2) is 10.2. The first kappa shape index (κ1) is 23.8. The van der Waals surface area contributed by atoms with Crippen molar-refractivity contribution in [2.24, 2.45) is 0 Å². The standard InChI is InChI=1S/C24H25ClN2O4S/c1-18-4-14-23(15-5-18)32(29,30)27(16-19-6-8-20(25)9-7-19)17-24(28)26(2)21-10-12-22(31-3)13-11-21/h4-15H,16-17H2,1-3H3. The first-order valence-electron chi connectivity index (χ1n) is 9.92. The smallest absolute Gasteiger partial charge is 0.243 e. The van der Waals surface area contributed by atoms with Crippen LogP contribution in [0.1, 0.15) is 11.1 Å². The predicted octanol–water partition coefficient (Wildman–Crippen LogP) is 4.51. The van der Waals surface area contributed by atoms with Gasteiger partial charge < -0.3 is 9.64 Å². The Labute approximate surface area is 194 Å². The van der Waals surface area contributed by atoms with Gasteiger partial charge in [0.05, 0.1) is 18.6 Å². The molecule has 0 saturated heterocycles. The SMILES string of the molecule is COc1ccc(N(C)C(=O)CN(Cc2ccc(Cl)cc2)S(=O)(=O)c2ccc(C)cc2)cc1. The molecule has 0 heterocycles. The van der Waals surface area contributed by atoms with Crippen LogP contribution in [0.4, 0.5) is 5.69 Å². The van der Waals surface area contributed by atoms with Crippen LogP contribution >= 0.6 is 11.6 Å². The first-order valence-corrected chi connectivity index (χ1v) is 11.7. The monoisotopic (exact) mass is 472 g/mol. The summed E-state index contributed by atoms with van der Waals surface area (Å²) < 4.78 is 33.1. The molecule has 32 heavy (non-hydrogen) atoms. The van der Waals surface area contributed by atoms with E-state index in [-0.39, 0.29) is 23.9 Å². The number of ether oxygens (including phenoxy) is 1. The second-order valence-electron chi connectivity index (χ2n) is 7.36. The lowest BCUT2D eigenvalue weighted by molar-refractivity contribution is -0.118. The minimum absolute atomic E-state index is 0.0373. The Morgan fingerprint density at radius 1 is 0.938 bits per heavy atom. The first-order chi connectivity index (χ1) is 15.2. The molecule has 0 aromatic heterocycles. The van der Waals surface area contributed by atoms with Gasteiger partial charge in [0.15, 0.2) is 0 Å². The van der Waals surface area contributed by atoms with Crippen LogP contribution in [0.3, 0.4) is 0 Å². The number of hydrogen-bond donors (Lipinski definition) is 0. The van der Waals surface area contributed by atoms with E-state index >= 15 is 0 Å². The second-order valence-corrected chi connectivity index (χ2v) is 9.74. The third kappa shape index (κ3) is 5.68. The number of aryl methyl sites for hydroxylation is 1. The number of hydrogen-bond acceptors (Lipinski definition) is 4. The molecule has 0 saturated carbocycles. The van der Waals surface area contributed by atoms with E-state index in [0.717, 1.165) is 11.1 Å². The summed E-state index contributed by atoms with van der Waals surface area (Å²) >= 11 is 5.96. The van der Waals surface area contributed by atoms with Crippen LogP contribution < -0.4 is 9.64 Å². The number of benzene rings is 3. The quantitative estimate of drug-likeness (QED) is 0.483. The number of carbonyl (C=O) groups excluding carboxylic acids is 1. The Balaban J connectivity index is 1.89. The summed E-state index contributed by atoms with van der Waals surface area (Å²) in [6.45, 7) is 1.60. The zero-order valence-electron chi connectivity index (χ0n) is 18.2. The molecule has 8 heteroatoms. The van der Waals surface area contributed by atoms with Gasteiger partial charge in [0.2, 0.25) is 15.9 Å². The number of methoxy groups -OCH3 is 1. The van der Waals surface area contributed by atoms with Gasteiger partial charge in [-0.2, -0.15) is 4.31 Å². The number of likely N-dealkylation sites (N-methyl/N-ethyl adjacent to an activating group) is 1.